The highest BCUT2D eigenvalue weighted by atomic mass is 32.2. The Morgan fingerprint density at radius 3 is 2.86 bits per heavy atom. The van der Waals surface area contributed by atoms with Gasteiger partial charge in [0.05, 0.1) is 12.0 Å². The largest absolute Gasteiger partial charge is 0.497 e. The molecule has 0 aliphatic carbocycles. The number of aryl methyl sites for hydroxylation is 1. The third-order valence-corrected chi connectivity index (χ3v) is 5.19. The number of hydrazine groups is 1. The lowest BCUT2D eigenvalue weighted by atomic mass is 10.3. The zero-order valence-corrected chi connectivity index (χ0v) is 13.4. The number of anilines is 1. The molecule has 0 aliphatic heterocycles. The smallest absolute Gasteiger partial charge is 0.275 e. The molecule has 0 saturated heterocycles. The van der Waals surface area contributed by atoms with E-state index >= 15 is 0 Å². The normalized spacial score (nSPS) is 10.4. The van der Waals surface area contributed by atoms with Crippen molar-refractivity contribution < 1.29 is 9.53 Å². The number of nitrogen functional groups attached to an aromatic ring is 2. The molecule has 0 aliphatic rings. The molecule has 5 N–H and O–H groups in total. The molecule has 5 nitrogen and oxygen atoms in total. The van der Waals surface area contributed by atoms with Gasteiger partial charge in [-0.25, -0.2) is 5.84 Å². The molecule has 2 rings (SSSR count). The number of thioether (sulfide) groups is 1. The molecule has 0 unspecified atom stereocenters. The first-order valence-electron chi connectivity index (χ1n) is 6.21. The van der Waals surface area contributed by atoms with Gasteiger partial charge in [0, 0.05) is 21.2 Å². The zero-order valence-electron chi connectivity index (χ0n) is 11.8. The molecule has 21 heavy (non-hydrogen) atoms. The summed E-state index contributed by atoms with van der Waals surface area (Å²) in [5.74, 6) is 6.40. The molecule has 0 atom stereocenters. The Kier molecular flexibility index (Phi) is 5.11. The van der Waals surface area contributed by atoms with E-state index in [1.807, 2.05) is 31.2 Å². The minimum atomic E-state index is -0.264. The summed E-state index contributed by atoms with van der Waals surface area (Å²) < 4.78 is 5.20. The van der Waals surface area contributed by atoms with Crippen molar-refractivity contribution >= 4 is 34.7 Å². The number of ether oxygens (including phenoxy) is 1. The second kappa shape index (κ2) is 6.84. The van der Waals surface area contributed by atoms with Crippen LogP contribution in [0, 0.1) is 6.92 Å². The number of thiophene rings is 1. The van der Waals surface area contributed by atoms with Gasteiger partial charge in [-0.05, 0) is 36.8 Å². The first-order valence-corrected chi connectivity index (χ1v) is 8.02. The van der Waals surface area contributed by atoms with Crippen molar-refractivity contribution in [2.45, 2.75) is 17.6 Å². The fraction of sp³-hybridized carbons (Fsp3) is 0.214. The van der Waals surface area contributed by atoms with Crippen LogP contribution in [0.2, 0.25) is 0 Å². The highest BCUT2D eigenvalue weighted by Gasteiger charge is 2.12. The predicted molar refractivity (Wildman–Crippen MR) is 87.7 cm³/mol. The number of carbonyl (C=O) groups is 1. The van der Waals surface area contributed by atoms with Crippen LogP contribution in [0.4, 0.5) is 5.69 Å². The minimum Gasteiger partial charge on any atom is -0.497 e. The van der Waals surface area contributed by atoms with Gasteiger partial charge in [0.15, 0.2) is 0 Å². The summed E-state index contributed by atoms with van der Waals surface area (Å²) in [4.78, 5) is 14.2. The number of nitrogens with two attached hydrogens (primary N) is 2. The number of rotatable bonds is 5. The Bertz CT molecular complexity index is 656. The highest BCUT2D eigenvalue weighted by molar-refractivity contribution is 7.98. The van der Waals surface area contributed by atoms with E-state index in [2.05, 4.69) is 5.43 Å². The maximum Gasteiger partial charge on any atom is 0.275 e. The molecule has 0 radical (unpaired) electrons. The van der Waals surface area contributed by atoms with Crippen molar-refractivity contribution in [3.63, 3.8) is 0 Å². The van der Waals surface area contributed by atoms with E-state index in [4.69, 9.17) is 16.3 Å². The number of hydrogen-bond acceptors (Lipinski definition) is 6. The predicted octanol–water partition coefficient (Wildman–Crippen LogP) is 2.54. The van der Waals surface area contributed by atoms with Crippen LogP contribution in [0.25, 0.3) is 0 Å². The number of amides is 1. The second-order valence-electron chi connectivity index (χ2n) is 4.36. The van der Waals surface area contributed by atoms with Gasteiger partial charge in [-0.3, -0.25) is 10.2 Å². The molecule has 2 aromatic rings. The Morgan fingerprint density at radius 2 is 2.19 bits per heavy atom. The summed E-state index contributed by atoms with van der Waals surface area (Å²) in [5.41, 5.74) is 9.93. The maximum atomic E-state index is 11.5. The summed E-state index contributed by atoms with van der Waals surface area (Å²) in [7, 11) is 1.63. The average Bonchev–Trinajstić information content (AvgIpc) is 2.87. The van der Waals surface area contributed by atoms with Crippen LogP contribution < -0.4 is 21.7 Å². The lowest BCUT2D eigenvalue weighted by Gasteiger charge is -2.07. The first-order chi connectivity index (χ1) is 10.0. The summed E-state index contributed by atoms with van der Waals surface area (Å²) in [5, 5.41) is 0. The number of carbonyl (C=O) groups excluding carboxylic acids is 1. The monoisotopic (exact) mass is 323 g/mol. The fourth-order valence-corrected chi connectivity index (χ4v) is 3.85. The number of methoxy groups -OCH3 is 1. The van der Waals surface area contributed by atoms with Crippen LogP contribution in [-0.4, -0.2) is 13.0 Å². The molecule has 1 heterocycles. The van der Waals surface area contributed by atoms with Gasteiger partial charge in [0.25, 0.3) is 5.91 Å². The van der Waals surface area contributed by atoms with E-state index in [-0.39, 0.29) is 5.91 Å². The second-order valence-corrected chi connectivity index (χ2v) is 6.63. The molecule has 0 fully saturated rings. The summed E-state index contributed by atoms with van der Waals surface area (Å²) in [6, 6.07) is 7.44. The first kappa shape index (κ1) is 15.7. The van der Waals surface area contributed by atoms with Crippen molar-refractivity contribution in [1.82, 2.24) is 5.43 Å². The van der Waals surface area contributed by atoms with E-state index < -0.39 is 0 Å². The average molecular weight is 323 g/mol. The quantitative estimate of drug-likeness (QED) is 0.259. The van der Waals surface area contributed by atoms with Crippen LogP contribution in [0.3, 0.4) is 0 Å². The maximum absolute atomic E-state index is 11.5. The molecule has 1 amide bonds. The fourth-order valence-electron chi connectivity index (χ4n) is 1.77. The van der Waals surface area contributed by atoms with Crippen molar-refractivity contribution in [3.8, 4) is 5.75 Å². The van der Waals surface area contributed by atoms with E-state index in [0.29, 0.717) is 10.6 Å². The van der Waals surface area contributed by atoms with Crippen LogP contribution >= 0.6 is 23.1 Å². The van der Waals surface area contributed by atoms with E-state index in [1.54, 1.807) is 18.9 Å². The van der Waals surface area contributed by atoms with Crippen LogP contribution in [0.5, 0.6) is 5.75 Å². The lowest BCUT2D eigenvalue weighted by molar-refractivity contribution is 0.0957. The molecule has 1 aromatic carbocycles. The van der Waals surface area contributed by atoms with Gasteiger partial charge in [-0.1, -0.05) is 0 Å². The molecule has 0 bridgehead atoms. The summed E-state index contributed by atoms with van der Waals surface area (Å²) >= 11 is 3.05. The van der Waals surface area contributed by atoms with Gasteiger partial charge >= 0.3 is 0 Å². The lowest BCUT2D eigenvalue weighted by Crippen LogP contribution is -2.29. The minimum absolute atomic E-state index is 0.264. The Morgan fingerprint density at radius 1 is 1.43 bits per heavy atom. The molecule has 112 valence electrons. The molecular weight excluding hydrogens is 306 g/mol. The zero-order chi connectivity index (χ0) is 15.4. The van der Waals surface area contributed by atoms with E-state index in [9.17, 15) is 4.79 Å². The Labute approximate surface area is 131 Å². The van der Waals surface area contributed by atoms with Crippen molar-refractivity contribution in [1.29, 1.82) is 0 Å². The molecular formula is C14H17N3O2S2. The Hall–Kier alpha value is -1.70. The highest BCUT2D eigenvalue weighted by Crippen LogP contribution is 2.33. The van der Waals surface area contributed by atoms with Crippen molar-refractivity contribution in [2.24, 2.45) is 5.84 Å². The summed E-state index contributed by atoms with van der Waals surface area (Å²) in [6.45, 7) is 1.99. The standard InChI is InChI=1S/C14H17N3O2S2/c1-8-9(5-13(21-8)14(18)17-16)7-20-12-6-10(19-2)3-4-11(12)15/h3-6H,7,15-16H2,1-2H3,(H,17,18). The molecule has 7 heteroatoms. The van der Waals surface area contributed by atoms with Crippen molar-refractivity contribution in [2.75, 3.05) is 12.8 Å². The third kappa shape index (κ3) is 3.69. The van der Waals surface area contributed by atoms with Gasteiger partial charge < -0.3 is 10.5 Å². The molecule has 0 spiro atoms. The molecule has 0 saturated carbocycles. The molecule has 1 aromatic heterocycles. The van der Waals surface area contributed by atoms with E-state index in [1.165, 1.54) is 11.3 Å². The van der Waals surface area contributed by atoms with Crippen molar-refractivity contribution in [3.05, 3.63) is 39.6 Å². The van der Waals surface area contributed by atoms with E-state index in [0.717, 1.165) is 26.8 Å². The third-order valence-electron chi connectivity index (χ3n) is 2.98. The van der Waals surface area contributed by atoms with Gasteiger partial charge in [0.1, 0.15) is 5.75 Å². The van der Waals surface area contributed by atoms with Crippen LogP contribution in [0.1, 0.15) is 20.1 Å². The van der Waals surface area contributed by atoms with Crippen LogP contribution in [0.15, 0.2) is 29.2 Å². The SMILES string of the molecule is COc1ccc(N)c(SCc2cc(C(=O)NN)sc2C)c1. The summed E-state index contributed by atoms with van der Waals surface area (Å²) in [6.07, 6.45) is 0. The number of hydrogen-bond donors (Lipinski definition) is 3. The van der Waals surface area contributed by atoms with Gasteiger partial charge in [-0.2, -0.15) is 0 Å². The van der Waals surface area contributed by atoms with Gasteiger partial charge in [-0.15, -0.1) is 23.1 Å². The number of nitrogens with one attached hydrogen (secondary N) is 1. The number of benzene rings is 1. The van der Waals surface area contributed by atoms with Gasteiger partial charge in [0.2, 0.25) is 0 Å². The Balaban J connectivity index is 2.13. The van der Waals surface area contributed by atoms with Crippen LogP contribution in [-0.2, 0) is 5.75 Å². The topological polar surface area (TPSA) is 90.4 Å².